The summed E-state index contributed by atoms with van der Waals surface area (Å²) in [5, 5.41) is 8.47. The van der Waals surface area contributed by atoms with Crippen molar-refractivity contribution >= 4 is 48.9 Å². The molecule has 0 saturated heterocycles. The Balaban J connectivity index is 1.84. The molecule has 3 aromatic rings. The zero-order valence-corrected chi connectivity index (χ0v) is 15.1. The van der Waals surface area contributed by atoms with E-state index in [1.807, 2.05) is 54.7 Å². The monoisotopic (exact) mass is 430 g/mol. The summed E-state index contributed by atoms with van der Waals surface area (Å²) in [6, 6.07) is 15.4. The summed E-state index contributed by atoms with van der Waals surface area (Å²) >= 11 is 6.81. The number of nitrogens with zero attached hydrogens (tertiary/aromatic N) is 3. The Morgan fingerprint density at radius 2 is 1.70 bits per heavy atom. The standard InChI is InChI=1S/C17H12Br2N4/c18-13-8-15(19)17(20)16(9-13)23-22-14-5-3-11(4-6-14)12-2-1-7-21-10-12/h1-10H,20H2/b23-22+. The first kappa shape index (κ1) is 15.8. The van der Waals surface area contributed by atoms with Crippen molar-refractivity contribution in [3.8, 4) is 11.1 Å². The van der Waals surface area contributed by atoms with Gasteiger partial charge in [0.05, 0.1) is 11.4 Å². The van der Waals surface area contributed by atoms with Gasteiger partial charge in [-0.2, -0.15) is 5.11 Å². The van der Waals surface area contributed by atoms with E-state index in [2.05, 4.69) is 47.1 Å². The molecule has 0 atom stereocenters. The van der Waals surface area contributed by atoms with E-state index in [1.54, 1.807) is 6.20 Å². The van der Waals surface area contributed by atoms with Crippen LogP contribution in [0.1, 0.15) is 0 Å². The second kappa shape index (κ2) is 7.02. The molecule has 114 valence electrons. The maximum atomic E-state index is 5.99. The van der Waals surface area contributed by atoms with Crippen molar-refractivity contribution in [2.24, 2.45) is 10.2 Å². The fourth-order valence-corrected chi connectivity index (χ4v) is 3.22. The third-order valence-electron chi connectivity index (χ3n) is 3.21. The van der Waals surface area contributed by atoms with Crippen molar-refractivity contribution in [3.05, 3.63) is 69.9 Å². The highest BCUT2D eigenvalue weighted by atomic mass is 79.9. The van der Waals surface area contributed by atoms with Gasteiger partial charge in [-0.15, -0.1) is 5.11 Å². The van der Waals surface area contributed by atoms with E-state index in [1.165, 1.54) is 0 Å². The fraction of sp³-hybridized carbons (Fsp3) is 0. The zero-order chi connectivity index (χ0) is 16.2. The number of hydrogen-bond donors (Lipinski definition) is 1. The highest BCUT2D eigenvalue weighted by molar-refractivity contribution is 9.11. The van der Waals surface area contributed by atoms with E-state index in [0.29, 0.717) is 11.4 Å². The molecule has 0 aliphatic carbocycles. The molecule has 23 heavy (non-hydrogen) atoms. The summed E-state index contributed by atoms with van der Waals surface area (Å²) in [4.78, 5) is 4.12. The lowest BCUT2D eigenvalue weighted by atomic mass is 10.1. The number of azo groups is 1. The van der Waals surface area contributed by atoms with Crippen molar-refractivity contribution in [2.75, 3.05) is 5.73 Å². The molecule has 1 aromatic heterocycles. The Morgan fingerprint density at radius 1 is 0.913 bits per heavy atom. The van der Waals surface area contributed by atoms with Crippen LogP contribution < -0.4 is 5.73 Å². The molecular weight excluding hydrogens is 420 g/mol. The number of halogens is 2. The number of rotatable bonds is 3. The molecule has 0 unspecified atom stereocenters. The molecule has 6 heteroatoms. The topological polar surface area (TPSA) is 63.6 Å². The SMILES string of the molecule is Nc1c(Br)cc(Br)cc1/N=N/c1ccc(-c2cccnc2)cc1. The van der Waals surface area contributed by atoms with E-state index in [4.69, 9.17) is 5.73 Å². The number of pyridine rings is 1. The number of aromatic nitrogens is 1. The van der Waals surface area contributed by atoms with E-state index < -0.39 is 0 Å². The molecule has 0 bridgehead atoms. The normalized spacial score (nSPS) is 11.0. The largest absolute Gasteiger partial charge is 0.396 e. The first-order valence-corrected chi connectivity index (χ1v) is 8.39. The third kappa shape index (κ3) is 3.83. The molecule has 2 N–H and O–H groups in total. The van der Waals surface area contributed by atoms with Crippen molar-refractivity contribution in [1.82, 2.24) is 4.98 Å². The van der Waals surface area contributed by atoms with Crippen LogP contribution in [0.5, 0.6) is 0 Å². The Morgan fingerprint density at radius 3 is 2.39 bits per heavy atom. The van der Waals surface area contributed by atoms with E-state index in [-0.39, 0.29) is 0 Å². The van der Waals surface area contributed by atoms with Crippen LogP contribution in [0.2, 0.25) is 0 Å². The molecule has 4 nitrogen and oxygen atoms in total. The summed E-state index contributed by atoms with van der Waals surface area (Å²) in [6.07, 6.45) is 3.59. The first-order chi connectivity index (χ1) is 11.1. The Hall–Kier alpha value is -2.05. The van der Waals surface area contributed by atoms with Gasteiger partial charge in [0.15, 0.2) is 0 Å². The Kier molecular flexibility index (Phi) is 4.83. The number of hydrogen-bond acceptors (Lipinski definition) is 4. The zero-order valence-electron chi connectivity index (χ0n) is 11.9. The van der Waals surface area contributed by atoms with Gasteiger partial charge in [0, 0.05) is 21.3 Å². The molecule has 2 aromatic carbocycles. The predicted octanol–water partition coefficient (Wildman–Crippen LogP) is 6.27. The average Bonchev–Trinajstić information content (AvgIpc) is 2.58. The van der Waals surface area contributed by atoms with Crippen LogP contribution in [0, 0.1) is 0 Å². The maximum absolute atomic E-state index is 5.99. The van der Waals surface area contributed by atoms with Gasteiger partial charge in [-0.3, -0.25) is 4.98 Å². The van der Waals surface area contributed by atoms with Crippen molar-refractivity contribution in [3.63, 3.8) is 0 Å². The molecular formula is C17H12Br2N4. The molecule has 1 heterocycles. The van der Waals surface area contributed by atoms with Crippen molar-refractivity contribution in [2.45, 2.75) is 0 Å². The van der Waals surface area contributed by atoms with Crippen LogP contribution in [0.4, 0.5) is 17.1 Å². The quantitative estimate of drug-likeness (QED) is 0.392. The minimum atomic E-state index is 0.559. The van der Waals surface area contributed by atoms with Crippen LogP contribution >= 0.6 is 31.9 Å². The maximum Gasteiger partial charge on any atom is 0.111 e. The highest BCUT2D eigenvalue weighted by Crippen LogP contribution is 2.35. The van der Waals surface area contributed by atoms with Crippen LogP contribution in [0.3, 0.4) is 0 Å². The van der Waals surface area contributed by atoms with Crippen LogP contribution in [-0.2, 0) is 0 Å². The second-order valence-electron chi connectivity index (χ2n) is 4.81. The molecule has 0 radical (unpaired) electrons. The van der Waals surface area contributed by atoms with Gasteiger partial charge in [0.25, 0.3) is 0 Å². The van der Waals surface area contributed by atoms with E-state index in [0.717, 1.165) is 25.8 Å². The van der Waals surface area contributed by atoms with E-state index in [9.17, 15) is 0 Å². The number of nitrogen functional groups attached to an aromatic ring is 1. The van der Waals surface area contributed by atoms with Gasteiger partial charge in [0.2, 0.25) is 0 Å². The van der Waals surface area contributed by atoms with Crippen molar-refractivity contribution in [1.29, 1.82) is 0 Å². The molecule has 0 spiro atoms. The summed E-state index contributed by atoms with van der Waals surface area (Å²) in [5.74, 6) is 0. The Bertz CT molecular complexity index is 846. The lowest BCUT2D eigenvalue weighted by Crippen LogP contribution is -1.87. The van der Waals surface area contributed by atoms with Crippen LogP contribution in [0.25, 0.3) is 11.1 Å². The van der Waals surface area contributed by atoms with Crippen LogP contribution in [-0.4, -0.2) is 4.98 Å². The smallest absolute Gasteiger partial charge is 0.111 e. The van der Waals surface area contributed by atoms with Gasteiger partial charge in [-0.1, -0.05) is 34.1 Å². The fourth-order valence-electron chi connectivity index (χ4n) is 2.02. The summed E-state index contributed by atoms with van der Waals surface area (Å²) < 4.78 is 1.67. The third-order valence-corrected chi connectivity index (χ3v) is 4.32. The number of anilines is 1. The van der Waals surface area contributed by atoms with Gasteiger partial charge in [-0.05, 0) is 57.4 Å². The minimum Gasteiger partial charge on any atom is -0.396 e. The number of benzene rings is 2. The van der Waals surface area contributed by atoms with Gasteiger partial charge in [0.1, 0.15) is 5.69 Å². The summed E-state index contributed by atoms with van der Waals surface area (Å²) in [7, 11) is 0. The average molecular weight is 432 g/mol. The lowest BCUT2D eigenvalue weighted by Gasteiger charge is -2.03. The molecule has 0 saturated carbocycles. The highest BCUT2D eigenvalue weighted by Gasteiger charge is 2.04. The number of nitrogens with two attached hydrogens (primary N) is 1. The van der Waals surface area contributed by atoms with Gasteiger partial charge in [-0.25, -0.2) is 0 Å². The minimum absolute atomic E-state index is 0.559. The predicted molar refractivity (Wildman–Crippen MR) is 100 cm³/mol. The van der Waals surface area contributed by atoms with Crippen LogP contribution in [0.15, 0.2) is 80.1 Å². The second-order valence-corrected chi connectivity index (χ2v) is 6.58. The summed E-state index contributed by atoms with van der Waals surface area (Å²) in [5.41, 5.74) is 10.1. The van der Waals surface area contributed by atoms with E-state index >= 15 is 0 Å². The molecule has 0 fully saturated rings. The molecule has 0 amide bonds. The summed E-state index contributed by atoms with van der Waals surface area (Å²) in [6.45, 7) is 0. The first-order valence-electron chi connectivity index (χ1n) is 6.80. The Labute approximate surface area is 150 Å². The van der Waals surface area contributed by atoms with Crippen molar-refractivity contribution < 1.29 is 0 Å². The lowest BCUT2D eigenvalue weighted by molar-refractivity contribution is 1.23. The van der Waals surface area contributed by atoms with Gasteiger partial charge >= 0.3 is 0 Å². The molecule has 0 aliphatic rings. The van der Waals surface area contributed by atoms with Gasteiger partial charge < -0.3 is 5.73 Å². The molecule has 0 aliphatic heterocycles. The molecule has 3 rings (SSSR count).